The number of carbonyl (C=O) groups excluding carboxylic acids is 1. The first-order valence-corrected chi connectivity index (χ1v) is 15.2. The number of esters is 1. The van der Waals surface area contributed by atoms with E-state index in [4.69, 9.17) is 33.2 Å². The zero-order valence-corrected chi connectivity index (χ0v) is 25.2. The number of benzene rings is 4. The largest absolute Gasteiger partial charge is 0.467 e. The quantitative estimate of drug-likeness (QED) is 0.134. The molecule has 234 valence electrons. The van der Waals surface area contributed by atoms with Gasteiger partial charge in [-0.25, -0.2) is 4.79 Å². The van der Waals surface area contributed by atoms with E-state index in [1.165, 1.54) is 7.11 Å². The van der Waals surface area contributed by atoms with Gasteiger partial charge in [-0.2, -0.15) is 0 Å². The van der Waals surface area contributed by atoms with Crippen LogP contribution in [0.5, 0.6) is 0 Å². The molecular formula is C37H38O8. The van der Waals surface area contributed by atoms with Crippen molar-refractivity contribution in [1.29, 1.82) is 0 Å². The number of methoxy groups -OCH3 is 1. The molecule has 1 spiro atoms. The van der Waals surface area contributed by atoms with Gasteiger partial charge >= 0.3 is 5.97 Å². The second-order valence-corrected chi connectivity index (χ2v) is 11.1. The molecule has 6 atom stereocenters. The highest BCUT2D eigenvalue weighted by molar-refractivity contribution is 5.79. The van der Waals surface area contributed by atoms with Crippen LogP contribution >= 0.6 is 0 Å². The van der Waals surface area contributed by atoms with Crippen LogP contribution in [0.1, 0.15) is 22.3 Å². The van der Waals surface area contributed by atoms with Crippen LogP contribution in [-0.4, -0.2) is 56.0 Å². The number of rotatable bonds is 14. The van der Waals surface area contributed by atoms with Crippen molar-refractivity contribution < 1.29 is 38.0 Å². The van der Waals surface area contributed by atoms with Crippen molar-refractivity contribution in [2.24, 2.45) is 0 Å². The predicted octanol–water partition coefficient (Wildman–Crippen LogP) is 5.63. The Labute approximate surface area is 263 Å². The SMILES string of the molecule is COC(=O)C1O[C@@]12OC(COCc1ccccc1)[C@@H](OCc1ccccc1)[C@H](OCc1ccccc1)C2OCc1ccccc1. The summed E-state index contributed by atoms with van der Waals surface area (Å²) in [7, 11) is 1.33. The molecule has 3 unspecified atom stereocenters. The Bertz CT molecular complexity index is 1470. The Morgan fingerprint density at radius 2 is 1.04 bits per heavy atom. The lowest BCUT2D eigenvalue weighted by Gasteiger charge is -2.45. The maximum atomic E-state index is 12.9. The lowest BCUT2D eigenvalue weighted by molar-refractivity contribution is -0.304. The van der Waals surface area contributed by atoms with Gasteiger partial charge in [0, 0.05) is 0 Å². The van der Waals surface area contributed by atoms with Gasteiger partial charge < -0.3 is 33.2 Å². The van der Waals surface area contributed by atoms with Crippen LogP contribution in [0.2, 0.25) is 0 Å². The van der Waals surface area contributed by atoms with Gasteiger partial charge in [-0.3, -0.25) is 0 Å². The fourth-order valence-electron chi connectivity index (χ4n) is 5.64. The van der Waals surface area contributed by atoms with Gasteiger partial charge in [0.2, 0.25) is 11.9 Å². The number of ether oxygens (including phenoxy) is 7. The lowest BCUT2D eigenvalue weighted by Crippen LogP contribution is -2.64. The molecule has 45 heavy (non-hydrogen) atoms. The van der Waals surface area contributed by atoms with E-state index >= 15 is 0 Å². The van der Waals surface area contributed by atoms with E-state index in [9.17, 15) is 4.79 Å². The van der Waals surface area contributed by atoms with E-state index in [-0.39, 0.29) is 13.2 Å². The van der Waals surface area contributed by atoms with Crippen LogP contribution in [-0.2, 0) is 64.4 Å². The van der Waals surface area contributed by atoms with Crippen molar-refractivity contribution >= 4 is 5.97 Å². The summed E-state index contributed by atoms with van der Waals surface area (Å²) in [4.78, 5) is 12.9. The molecule has 2 fully saturated rings. The second kappa shape index (κ2) is 14.9. The summed E-state index contributed by atoms with van der Waals surface area (Å²) in [5, 5.41) is 0. The highest BCUT2D eigenvalue weighted by Gasteiger charge is 2.74. The smallest absolute Gasteiger partial charge is 0.340 e. The van der Waals surface area contributed by atoms with Crippen LogP contribution < -0.4 is 0 Å². The zero-order chi connectivity index (χ0) is 30.9. The molecule has 6 rings (SSSR count). The topological polar surface area (TPSA) is 85.0 Å². The number of carbonyl (C=O) groups is 1. The molecule has 0 saturated carbocycles. The van der Waals surface area contributed by atoms with Gasteiger partial charge in [0.1, 0.15) is 24.4 Å². The zero-order valence-electron chi connectivity index (χ0n) is 25.2. The summed E-state index contributed by atoms with van der Waals surface area (Å²) in [6.45, 7) is 1.40. The molecule has 0 N–H and O–H groups in total. The molecule has 2 heterocycles. The molecule has 4 aromatic rings. The third kappa shape index (κ3) is 7.68. The lowest BCUT2D eigenvalue weighted by atomic mass is 9.92. The molecule has 8 nitrogen and oxygen atoms in total. The van der Waals surface area contributed by atoms with Crippen LogP contribution in [0.15, 0.2) is 121 Å². The minimum Gasteiger partial charge on any atom is -0.467 e. The molecule has 0 radical (unpaired) electrons. The van der Waals surface area contributed by atoms with Gasteiger partial charge in [0.05, 0.1) is 40.1 Å². The summed E-state index contributed by atoms with van der Waals surface area (Å²) in [5.41, 5.74) is 3.97. The average Bonchev–Trinajstić information content (AvgIpc) is 3.81. The molecule has 2 aliphatic rings. The normalized spacial score (nSPS) is 25.6. The van der Waals surface area contributed by atoms with E-state index in [1.807, 2.05) is 121 Å². The van der Waals surface area contributed by atoms with Crippen LogP contribution in [0, 0.1) is 0 Å². The van der Waals surface area contributed by atoms with Crippen molar-refractivity contribution in [3.05, 3.63) is 144 Å². The first-order valence-electron chi connectivity index (χ1n) is 15.2. The van der Waals surface area contributed by atoms with Gasteiger partial charge in [0.15, 0.2) is 0 Å². The fourth-order valence-corrected chi connectivity index (χ4v) is 5.64. The number of hydrogen-bond donors (Lipinski definition) is 0. The average molecular weight is 611 g/mol. The molecule has 4 aromatic carbocycles. The molecule has 2 saturated heterocycles. The van der Waals surface area contributed by atoms with E-state index in [0.717, 1.165) is 22.3 Å². The molecule has 8 heteroatoms. The molecular weight excluding hydrogens is 572 g/mol. The Hall–Kier alpha value is -3.89. The van der Waals surface area contributed by atoms with Crippen LogP contribution in [0.3, 0.4) is 0 Å². The summed E-state index contributed by atoms with van der Waals surface area (Å²) in [5.74, 6) is -1.98. The number of hydrogen-bond acceptors (Lipinski definition) is 8. The maximum Gasteiger partial charge on any atom is 0.340 e. The summed E-state index contributed by atoms with van der Waals surface area (Å²) < 4.78 is 43.9. The first kappa shape index (κ1) is 31.1. The first-order chi connectivity index (χ1) is 22.2. The van der Waals surface area contributed by atoms with Crippen molar-refractivity contribution in [2.45, 2.75) is 62.7 Å². The molecule has 0 aliphatic carbocycles. The van der Waals surface area contributed by atoms with Crippen molar-refractivity contribution in [3.63, 3.8) is 0 Å². The molecule has 2 aliphatic heterocycles. The van der Waals surface area contributed by atoms with Crippen LogP contribution in [0.25, 0.3) is 0 Å². The Morgan fingerprint density at radius 1 is 0.600 bits per heavy atom. The molecule has 0 bridgehead atoms. The highest BCUT2D eigenvalue weighted by atomic mass is 16.8. The van der Waals surface area contributed by atoms with E-state index in [1.54, 1.807) is 0 Å². The Morgan fingerprint density at radius 3 is 1.53 bits per heavy atom. The maximum absolute atomic E-state index is 12.9. The predicted molar refractivity (Wildman–Crippen MR) is 166 cm³/mol. The third-order valence-electron chi connectivity index (χ3n) is 7.98. The van der Waals surface area contributed by atoms with E-state index in [2.05, 4.69) is 0 Å². The number of epoxide rings is 1. The Kier molecular flexibility index (Phi) is 10.3. The minimum atomic E-state index is -1.43. The van der Waals surface area contributed by atoms with E-state index < -0.39 is 42.3 Å². The highest BCUT2D eigenvalue weighted by Crippen LogP contribution is 2.50. The van der Waals surface area contributed by atoms with Gasteiger partial charge in [-0.05, 0) is 22.3 Å². The molecule has 0 aromatic heterocycles. The van der Waals surface area contributed by atoms with Gasteiger partial charge in [0.25, 0.3) is 0 Å². The summed E-state index contributed by atoms with van der Waals surface area (Å²) in [6.07, 6.45) is -3.77. The minimum absolute atomic E-state index is 0.171. The van der Waals surface area contributed by atoms with Gasteiger partial charge in [-0.15, -0.1) is 0 Å². The Balaban J connectivity index is 1.32. The van der Waals surface area contributed by atoms with Crippen LogP contribution in [0.4, 0.5) is 0 Å². The molecule has 0 amide bonds. The van der Waals surface area contributed by atoms with Crippen molar-refractivity contribution in [2.75, 3.05) is 13.7 Å². The summed E-state index contributed by atoms with van der Waals surface area (Å²) in [6, 6.07) is 39.5. The monoisotopic (exact) mass is 610 g/mol. The van der Waals surface area contributed by atoms with E-state index in [0.29, 0.717) is 19.8 Å². The van der Waals surface area contributed by atoms with Gasteiger partial charge in [-0.1, -0.05) is 121 Å². The third-order valence-corrected chi connectivity index (χ3v) is 7.98. The van der Waals surface area contributed by atoms with Crippen molar-refractivity contribution in [3.8, 4) is 0 Å². The second-order valence-electron chi connectivity index (χ2n) is 11.1. The summed E-state index contributed by atoms with van der Waals surface area (Å²) >= 11 is 0. The van der Waals surface area contributed by atoms with Crippen molar-refractivity contribution in [1.82, 2.24) is 0 Å². The fraction of sp³-hybridized carbons (Fsp3) is 0.324. The standard InChI is InChI=1S/C37H38O8/c1-39-36(38)35-37(45-35)34(43-25-30-20-12-5-13-21-30)33(42-24-29-18-10-4-11-19-29)32(41-23-28-16-8-3-9-17-28)31(44-37)26-40-22-27-14-6-2-7-15-27/h2-21,31-35H,22-26H2,1H3/t31?,32-,33+,34?,35?,37-/m1/s1.